The lowest BCUT2D eigenvalue weighted by Gasteiger charge is -2.37. The molecule has 0 fully saturated rings. The molecule has 96 valence electrons. The first-order valence-electron chi connectivity index (χ1n) is 7.05. The zero-order valence-corrected chi connectivity index (χ0v) is 12.0. The average molecular weight is 240 g/mol. The first kappa shape index (κ1) is 13.1. The quantitative estimate of drug-likeness (QED) is 0.679. The van der Waals surface area contributed by atoms with Crippen LogP contribution >= 0.6 is 0 Å². The van der Waals surface area contributed by atoms with Crippen LogP contribution in [0.1, 0.15) is 51.2 Å². The Bertz CT molecular complexity index is 465. The van der Waals surface area contributed by atoms with E-state index < -0.39 is 0 Å². The van der Waals surface area contributed by atoms with Crippen molar-refractivity contribution in [2.24, 2.45) is 5.92 Å². The van der Waals surface area contributed by atoms with Crippen LogP contribution in [0.15, 0.2) is 48.6 Å². The van der Waals surface area contributed by atoms with Crippen LogP contribution in [0.25, 0.3) is 0 Å². The molecule has 0 N–H and O–H groups in total. The van der Waals surface area contributed by atoms with Crippen molar-refractivity contribution in [3.8, 4) is 0 Å². The van der Waals surface area contributed by atoms with Crippen molar-refractivity contribution in [3.05, 3.63) is 59.7 Å². The van der Waals surface area contributed by atoms with E-state index in [1.165, 1.54) is 17.5 Å². The highest BCUT2D eigenvalue weighted by Crippen LogP contribution is 2.41. The highest BCUT2D eigenvalue weighted by Gasteiger charge is 2.33. The second-order valence-corrected chi connectivity index (χ2v) is 5.78. The van der Waals surface area contributed by atoms with Gasteiger partial charge >= 0.3 is 0 Å². The molecule has 0 radical (unpaired) electrons. The second kappa shape index (κ2) is 5.14. The third kappa shape index (κ3) is 2.16. The van der Waals surface area contributed by atoms with Crippen LogP contribution in [0.5, 0.6) is 0 Å². The SMILES string of the molecule is CCC1C=CC=CC1(C)c1ccccc1C(C)C. The predicted molar refractivity (Wildman–Crippen MR) is 79.9 cm³/mol. The molecule has 0 saturated carbocycles. The summed E-state index contributed by atoms with van der Waals surface area (Å²) in [7, 11) is 0. The number of rotatable bonds is 3. The molecule has 1 aromatic carbocycles. The molecular formula is C18H24. The van der Waals surface area contributed by atoms with Crippen LogP contribution in [0.4, 0.5) is 0 Å². The predicted octanol–water partition coefficient (Wildman–Crippen LogP) is 5.22. The summed E-state index contributed by atoms with van der Waals surface area (Å²) >= 11 is 0. The first-order chi connectivity index (χ1) is 8.59. The lowest BCUT2D eigenvalue weighted by molar-refractivity contribution is 0.409. The van der Waals surface area contributed by atoms with Gasteiger partial charge in [0.05, 0.1) is 0 Å². The van der Waals surface area contributed by atoms with E-state index in [0.717, 1.165) is 0 Å². The van der Waals surface area contributed by atoms with Gasteiger partial charge in [-0.15, -0.1) is 0 Å². The minimum Gasteiger partial charge on any atom is -0.0802 e. The number of hydrogen-bond acceptors (Lipinski definition) is 0. The van der Waals surface area contributed by atoms with Crippen molar-refractivity contribution >= 4 is 0 Å². The largest absolute Gasteiger partial charge is 0.0802 e. The summed E-state index contributed by atoms with van der Waals surface area (Å²) in [6.45, 7) is 9.23. The monoisotopic (exact) mass is 240 g/mol. The van der Waals surface area contributed by atoms with Gasteiger partial charge < -0.3 is 0 Å². The van der Waals surface area contributed by atoms with Crippen molar-refractivity contribution in [2.45, 2.75) is 45.4 Å². The van der Waals surface area contributed by atoms with E-state index in [1.807, 2.05) is 0 Å². The maximum atomic E-state index is 2.38. The van der Waals surface area contributed by atoms with E-state index in [-0.39, 0.29) is 5.41 Å². The molecule has 0 spiro atoms. The molecular weight excluding hydrogens is 216 g/mol. The summed E-state index contributed by atoms with van der Waals surface area (Å²) in [5.74, 6) is 1.18. The molecule has 0 heteroatoms. The van der Waals surface area contributed by atoms with Gasteiger partial charge in [0.15, 0.2) is 0 Å². The molecule has 0 aromatic heterocycles. The van der Waals surface area contributed by atoms with Gasteiger partial charge in [-0.3, -0.25) is 0 Å². The molecule has 0 aliphatic heterocycles. The highest BCUT2D eigenvalue weighted by molar-refractivity contribution is 5.43. The minimum atomic E-state index is 0.143. The average Bonchev–Trinajstić information content (AvgIpc) is 2.39. The van der Waals surface area contributed by atoms with Gasteiger partial charge in [0.25, 0.3) is 0 Å². The van der Waals surface area contributed by atoms with Crippen LogP contribution in [0.3, 0.4) is 0 Å². The standard InChI is InChI=1S/C18H24/c1-5-15-10-8-9-13-18(15,4)17-12-7-6-11-16(17)14(2)3/h6-15H,5H2,1-4H3. The van der Waals surface area contributed by atoms with Crippen molar-refractivity contribution in [1.29, 1.82) is 0 Å². The fraction of sp³-hybridized carbons (Fsp3) is 0.444. The van der Waals surface area contributed by atoms with Crippen LogP contribution in [0.2, 0.25) is 0 Å². The van der Waals surface area contributed by atoms with Gasteiger partial charge in [0.2, 0.25) is 0 Å². The Balaban J connectivity index is 2.53. The maximum Gasteiger partial charge on any atom is 0.0172 e. The molecule has 18 heavy (non-hydrogen) atoms. The Morgan fingerprint density at radius 1 is 1.17 bits per heavy atom. The molecule has 1 aliphatic rings. The van der Waals surface area contributed by atoms with Crippen molar-refractivity contribution < 1.29 is 0 Å². The summed E-state index contributed by atoms with van der Waals surface area (Å²) in [5.41, 5.74) is 3.12. The summed E-state index contributed by atoms with van der Waals surface area (Å²) in [5, 5.41) is 0. The zero-order valence-electron chi connectivity index (χ0n) is 12.0. The van der Waals surface area contributed by atoms with E-state index in [1.54, 1.807) is 0 Å². The molecule has 0 saturated heterocycles. The smallest absolute Gasteiger partial charge is 0.0172 e. The van der Waals surface area contributed by atoms with Gasteiger partial charge in [0, 0.05) is 5.41 Å². The lowest BCUT2D eigenvalue weighted by Crippen LogP contribution is -2.31. The summed E-state index contributed by atoms with van der Waals surface area (Å²) < 4.78 is 0. The first-order valence-corrected chi connectivity index (χ1v) is 7.05. The third-order valence-electron chi connectivity index (χ3n) is 4.27. The fourth-order valence-electron chi connectivity index (χ4n) is 3.12. The summed E-state index contributed by atoms with van der Waals surface area (Å²) in [6, 6.07) is 8.92. The topological polar surface area (TPSA) is 0 Å². The Hall–Kier alpha value is -1.30. The second-order valence-electron chi connectivity index (χ2n) is 5.78. The third-order valence-corrected chi connectivity index (χ3v) is 4.27. The number of allylic oxidation sites excluding steroid dienone is 4. The normalized spacial score (nSPS) is 26.8. The summed E-state index contributed by atoms with van der Waals surface area (Å²) in [4.78, 5) is 0. The number of benzene rings is 1. The van der Waals surface area contributed by atoms with Gasteiger partial charge in [-0.25, -0.2) is 0 Å². The number of hydrogen-bond donors (Lipinski definition) is 0. The van der Waals surface area contributed by atoms with Crippen molar-refractivity contribution in [1.82, 2.24) is 0 Å². The van der Waals surface area contributed by atoms with E-state index >= 15 is 0 Å². The fourth-order valence-corrected chi connectivity index (χ4v) is 3.12. The summed E-state index contributed by atoms with van der Waals surface area (Å²) in [6.07, 6.45) is 10.3. The van der Waals surface area contributed by atoms with E-state index in [0.29, 0.717) is 11.8 Å². The van der Waals surface area contributed by atoms with E-state index in [9.17, 15) is 0 Å². The Morgan fingerprint density at radius 3 is 2.56 bits per heavy atom. The van der Waals surface area contributed by atoms with Crippen LogP contribution < -0.4 is 0 Å². The maximum absolute atomic E-state index is 2.38. The lowest BCUT2D eigenvalue weighted by atomic mass is 9.66. The molecule has 1 aromatic rings. The van der Waals surface area contributed by atoms with E-state index in [2.05, 4.69) is 76.3 Å². The van der Waals surface area contributed by atoms with Crippen molar-refractivity contribution in [3.63, 3.8) is 0 Å². The zero-order chi connectivity index (χ0) is 13.2. The molecule has 0 nitrogen and oxygen atoms in total. The molecule has 0 bridgehead atoms. The van der Waals surface area contributed by atoms with Gasteiger partial charge in [-0.2, -0.15) is 0 Å². The van der Waals surface area contributed by atoms with Crippen LogP contribution in [0, 0.1) is 5.92 Å². The Morgan fingerprint density at radius 2 is 1.89 bits per heavy atom. The molecule has 2 unspecified atom stereocenters. The molecule has 2 atom stereocenters. The van der Waals surface area contributed by atoms with Gasteiger partial charge in [-0.05, 0) is 29.4 Å². The minimum absolute atomic E-state index is 0.143. The Kier molecular flexibility index (Phi) is 3.75. The molecule has 0 amide bonds. The van der Waals surface area contributed by atoms with Gasteiger partial charge in [-0.1, -0.05) is 76.3 Å². The highest BCUT2D eigenvalue weighted by atomic mass is 14.4. The van der Waals surface area contributed by atoms with Crippen LogP contribution in [-0.4, -0.2) is 0 Å². The molecule has 1 aliphatic carbocycles. The molecule has 0 heterocycles. The molecule has 2 rings (SSSR count). The Labute approximate surface area is 111 Å². The van der Waals surface area contributed by atoms with Crippen LogP contribution in [-0.2, 0) is 5.41 Å². The van der Waals surface area contributed by atoms with Crippen molar-refractivity contribution in [2.75, 3.05) is 0 Å². The van der Waals surface area contributed by atoms with Gasteiger partial charge in [0.1, 0.15) is 0 Å². The van der Waals surface area contributed by atoms with E-state index in [4.69, 9.17) is 0 Å².